The third kappa shape index (κ3) is 3.75. The predicted octanol–water partition coefficient (Wildman–Crippen LogP) is 3.12. The van der Waals surface area contributed by atoms with Crippen LogP contribution < -0.4 is 0 Å². The zero-order valence-electron chi connectivity index (χ0n) is 10.1. The Bertz CT molecular complexity index is 428. The van der Waals surface area contributed by atoms with Gasteiger partial charge in [0.05, 0.1) is 18.6 Å². The van der Waals surface area contributed by atoms with Crippen LogP contribution in [0.3, 0.4) is 0 Å². The quantitative estimate of drug-likeness (QED) is 0.856. The average Bonchev–Trinajstić information content (AvgIpc) is 2.81. The van der Waals surface area contributed by atoms with Crippen molar-refractivity contribution in [2.75, 3.05) is 0 Å². The van der Waals surface area contributed by atoms with Crippen LogP contribution in [0.4, 0.5) is 0 Å². The minimum absolute atomic E-state index is 0.297. The molecule has 2 rings (SSSR count). The standard InChI is InChI=1S/C15H18O2/c1-12-2-4-13(5-3-12)6-7-15(16)10-14-8-9-17-11-14/h2-5,8-9,11,15-16H,6-7,10H2,1H3. The SMILES string of the molecule is Cc1ccc(CCC(O)Cc2ccoc2)cc1. The Balaban J connectivity index is 1.79. The van der Waals surface area contributed by atoms with Crippen LogP contribution >= 0.6 is 0 Å². The minimum Gasteiger partial charge on any atom is -0.472 e. The summed E-state index contributed by atoms with van der Waals surface area (Å²) < 4.78 is 4.98. The van der Waals surface area contributed by atoms with Crippen LogP contribution in [0.15, 0.2) is 47.3 Å². The van der Waals surface area contributed by atoms with Gasteiger partial charge in [0.2, 0.25) is 0 Å². The van der Waals surface area contributed by atoms with Gasteiger partial charge in [-0.3, -0.25) is 0 Å². The maximum atomic E-state index is 9.90. The largest absolute Gasteiger partial charge is 0.472 e. The van der Waals surface area contributed by atoms with Crippen molar-refractivity contribution < 1.29 is 9.52 Å². The van der Waals surface area contributed by atoms with E-state index in [0.717, 1.165) is 18.4 Å². The normalized spacial score (nSPS) is 12.6. The molecule has 0 aliphatic carbocycles. The smallest absolute Gasteiger partial charge is 0.0935 e. The molecule has 0 aliphatic heterocycles. The maximum Gasteiger partial charge on any atom is 0.0935 e. The molecule has 0 aliphatic rings. The van der Waals surface area contributed by atoms with Crippen LogP contribution in [0.25, 0.3) is 0 Å². The van der Waals surface area contributed by atoms with E-state index in [1.165, 1.54) is 11.1 Å². The fourth-order valence-electron chi connectivity index (χ4n) is 1.87. The van der Waals surface area contributed by atoms with E-state index in [1.807, 2.05) is 6.07 Å². The van der Waals surface area contributed by atoms with Gasteiger partial charge >= 0.3 is 0 Å². The lowest BCUT2D eigenvalue weighted by molar-refractivity contribution is 0.165. The van der Waals surface area contributed by atoms with Crippen LogP contribution in [0.2, 0.25) is 0 Å². The summed E-state index contributed by atoms with van der Waals surface area (Å²) in [6, 6.07) is 10.4. The first-order valence-electron chi connectivity index (χ1n) is 5.99. The number of hydrogen-bond donors (Lipinski definition) is 1. The van der Waals surface area contributed by atoms with Gasteiger partial charge in [0.15, 0.2) is 0 Å². The van der Waals surface area contributed by atoms with Crippen molar-refractivity contribution in [2.45, 2.75) is 32.3 Å². The van der Waals surface area contributed by atoms with Crippen LogP contribution in [0.1, 0.15) is 23.1 Å². The zero-order chi connectivity index (χ0) is 12.1. The molecule has 0 spiro atoms. The average molecular weight is 230 g/mol. The molecule has 1 aromatic carbocycles. The Labute approximate surface area is 102 Å². The van der Waals surface area contributed by atoms with E-state index in [1.54, 1.807) is 12.5 Å². The number of rotatable bonds is 5. The molecule has 0 radical (unpaired) electrons. The van der Waals surface area contributed by atoms with Crippen molar-refractivity contribution >= 4 is 0 Å². The highest BCUT2D eigenvalue weighted by Crippen LogP contribution is 2.11. The molecular formula is C15H18O2. The maximum absolute atomic E-state index is 9.90. The number of hydrogen-bond acceptors (Lipinski definition) is 2. The number of aryl methyl sites for hydroxylation is 2. The van der Waals surface area contributed by atoms with Gasteiger partial charge in [-0.15, -0.1) is 0 Å². The molecule has 2 heteroatoms. The molecule has 90 valence electrons. The van der Waals surface area contributed by atoms with Crippen LogP contribution in [0.5, 0.6) is 0 Å². The Morgan fingerprint density at radius 1 is 1.12 bits per heavy atom. The van der Waals surface area contributed by atoms with E-state index >= 15 is 0 Å². The summed E-state index contributed by atoms with van der Waals surface area (Å²) in [7, 11) is 0. The zero-order valence-corrected chi connectivity index (χ0v) is 10.1. The lowest BCUT2D eigenvalue weighted by Gasteiger charge is -2.09. The van der Waals surface area contributed by atoms with Gasteiger partial charge in [-0.2, -0.15) is 0 Å². The number of aliphatic hydroxyl groups excluding tert-OH is 1. The highest BCUT2D eigenvalue weighted by molar-refractivity contribution is 5.21. The molecule has 17 heavy (non-hydrogen) atoms. The van der Waals surface area contributed by atoms with Gasteiger partial charge in [0, 0.05) is 6.42 Å². The first kappa shape index (κ1) is 11.9. The minimum atomic E-state index is -0.297. The van der Waals surface area contributed by atoms with Crippen molar-refractivity contribution in [1.29, 1.82) is 0 Å². The lowest BCUT2D eigenvalue weighted by atomic mass is 10.0. The molecule has 1 atom stereocenters. The summed E-state index contributed by atoms with van der Waals surface area (Å²) in [4.78, 5) is 0. The molecule has 1 heterocycles. The van der Waals surface area contributed by atoms with E-state index in [-0.39, 0.29) is 6.10 Å². The van der Waals surface area contributed by atoms with Crippen molar-refractivity contribution in [3.63, 3.8) is 0 Å². The van der Waals surface area contributed by atoms with Crippen LogP contribution in [0, 0.1) is 6.92 Å². The third-order valence-electron chi connectivity index (χ3n) is 2.94. The molecule has 0 bridgehead atoms. The summed E-state index contributed by atoms with van der Waals surface area (Å²) in [5, 5.41) is 9.90. The molecule has 2 aromatic rings. The number of furan rings is 1. The second kappa shape index (κ2) is 5.69. The fourth-order valence-corrected chi connectivity index (χ4v) is 1.87. The molecule has 1 N–H and O–H groups in total. The first-order valence-corrected chi connectivity index (χ1v) is 5.99. The Hall–Kier alpha value is -1.54. The lowest BCUT2D eigenvalue weighted by Crippen LogP contribution is -2.11. The monoisotopic (exact) mass is 230 g/mol. The van der Waals surface area contributed by atoms with E-state index in [2.05, 4.69) is 31.2 Å². The van der Waals surface area contributed by atoms with Crippen molar-refractivity contribution in [3.05, 3.63) is 59.5 Å². The van der Waals surface area contributed by atoms with Crippen LogP contribution in [-0.2, 0) is 12.8 Å². The molecule has 0 amide bonds. The third-order valence-corrected chi connectivity index (χ3v) is 2.94. The molecule has 1 aromatic heterocycles. The van der Waals surface area contributed by atoms with Gasteiger partial charge in [0.25, 0.3) is 0 Å². The van der Waals surface area contributed by atoms with Gasteiger partial charge in [-0.1, -0.05) is 29.8 Å². The van der Waals surface area contributed by atoms with E-state index in [9.17, 15) is 5.11 Å². The number of benzene rings is 1. The molecular weight excluding hydrogens is 212 g/mol. The Morgan fingerprint density at radius 2 is 1.88 bits per heavy atom. The van der Waals surface area contributed by atoms with Crippen molar-refractivity contribution in [1.82, 2.24) is 0 Å². The summed E-state index contributed by atoms with van der Waals surface area (Å²) in [6.45, 7) is 2.08. The van der Waals surface area contributed by atoms with E-state index in [4.69, 9.17) is 4.42 Å². The predicted molar refractivity (Wildman–Crippen MR) is 67.9 cm³/mol. The van der Waals surface area contributed by atoms with Crippen molar-refractivity contribution in [3.8, 4) is 0 Å². The number of aliphatic hydroxyl groups is 1. The first-order chi connectivity index (χ1) is 8.24. The van der Waals surface area contributed by atoms with Gasteiger partial charge in [-0.25, -0.2) is 0 Å². The second-order valence-corrected chi connectivity index (χ2v) is 4.51. The van der Waals surface area contributed by atoms with Crippen molar-refractivity contribution in [2.24, 2.45) is 0 Å². The Kier molecular flexibility index (Phi) is 3.99. The Morgan fingerprint density at radius 3 is 2.53 bits per heavy atom. The molecule has 2 nitrogen and oxygen atoms in total. The topological polar surface area (TPSA) is 33.4 Å². The molecule has 1 unspecified atom stereocenters. The second-order valence-electron chi connectivity index (χ2n) is 4.51. The van der Waals surface area contributed by atoms with Gasteiger partial charge < -0.3 is 9.52 Å². The van der Waals surface area contributed by atoms with Gasteiger partial charge in [0.1, 0.15) is 0 Å². The summed E-state index contributed by atoms with van der Waals surface area (Å²) in [5.41, 5.74) is 3.61. The highest BCUT2D eigenvalue weighted by Gasteiger charge is 2.06. The summed E-state index contributed by atoms with van der Waals surface area (Å²) in [5.74, 6) is 0. The molecule has 0 saturated carbocycles. The van der Waals surface area contributed by atoms with E-state index < -0.39 is 0 Å². The summed E-state index contributed by atoms with van der Waals surface area (Å²) >= 11 is 0. The molecule has 0 saturated heterocycles. The summed E-state index contributed by atoms with van der Waals surface area (Å²) in [6.07, 6.45) is 5.40. The fraction of sp³-hybridized carbons (Fsp3) is 0.333. The highest BCUT2D eigenvalue weighted by atomic mass is 16.3. The van der Waals surface area contributed by atoms with E-state index in [0.29, 0.717) is 6.42 Å². The van der Waals surface area contributed by atoms with Gasteiger partial charge in [-0.05, 0) is 37.0 Å². The van der Waals surface area contributed by atoms with Crippen LogP contribution in [-0.4, -0.2) is 11.2 Å². The molecule has 0 fully saturated rings.